The lowest BCUT2D eigenvalue weighted by Gasteiger charge is -2.10. The molecule has 1 aromatic carbocycles. The fourth-order valence-electron chi connectivity index (χ4n) is 1.39. The van der Waals surface area contributed by atoms with Crippen LogP contribution in [0.3, 0.4) is 0 Å². The van der Waals surface area contributed by atoms with Gasteiger partial charge in [0.25, 0.3) is 0 Å². The first-order chi connectivity index (χ1) is 7.99. The molecule has 4 heteroatoms. The molecule has 0 saturated carbocycles. The monoisotopic (exact) mass is 236 g/mol. The Morgan fingerprint density at radius 1 is 1.47 bits per heavy atom. The predicted molar refractivity (Wildman–Crippen MR) is 69.0 cm³/mol. The molecule has 17 heavy (non-hydrogen) atoms. The predicted octanol–water partition coefficient (Wildman–Crippen LogP) is 1.87. The number of nitrogens with two attached hydrogens (primary N) is 1. The number of amides is 1. The highest BCUT2D eigenvalue weighted by Gasteiger charge is 2.04. The van der Waals surface area contributed by atoms with Gasteiger partial charge in [-0.2, -0.15) is 0 Å². The summed E-state index contributed by atoms with van der Waals surface area (Å²) in [5.41, 5.74) is 7.43. The zero-order chi connectivity index (χ0) is 12.8. The maximum absolute atomic E-state index is 11.4. The molecular formula is C13H20N2O2. The molecule has 0 saturated heterocycles. The van der Waals surface area contributed by atoms with Crippen LogP contribution in [-0.4, -0.2) is 18.6 Å². The Kier molecular flexibility index (Phi) is 4.82. The minimum absolute atomic E-state index is 0.00664. The molecule has 0 radical (unpaired) electrons. The van der Waals surface area contributed by atoms with Crippen molar-refractivity contribution >= 4 is 11.6 Å². The molecule has 1 aromatic rings. The summed E-state index contributed by atoms with van der Waals surface area (Å²) in [6.45, 7) is 6.17. The van der Waals surface area contributed by atoms with Crippen molar-refractivity contribution < 1.29 is 9.53 Å². The van der Waals surface area contributed by atoms with Crippen molar-refractivity contribution in [2.45, 2.75) is 33.2 Å². The molecule has 0 aliphatic rings. The number of rotatable bonds is 5. The number of carbonyl (C=O) groups excluding carboxylic acids is 1. The van der Waals surface area contributed by atoms with Crippen LogP contribution in [-0.2, 0) is 4.79 Å². The average molecular weight is 236 g/mol. The van der Waals surface area contributed by atoms with Gasteiger partial charge in [-0.3, -0.25) is 4.79 Å². The number of hydrogen-bond donors (Lipinski definition) is 2. The minimum atomic E-state index is 0.00664. The van der Waals surface area contributed by atoms with Crippen LogP contribution in [0.1, 0.15) is 25.8 Å². The van der Waals surface area contributed by atoms with Gasteiger partial charge in [0, 0.05) is 11.7 Å². The van der Waals surface area contributed by atoms with Gasteiger partial charge in [0.1, 0.15) is 5.75 Å². The molecule has 0 aliphatic heterocycles. The van der Waals surface area contributed by atoms with Crippen molar-refractivity contribution in [1.82, 2.24) is 5.32 Å². The van der Waals surface area contributed by atoms with E-state index in [1.54, 1.807) is 6.07 Å². The van der Waals surface area contributed by atoms with E-state index in [4.69, 9.17) is 10.5 Å². The molecule has 3 N–H and O–H groups in total. The van der Waals surface area contributed by atoms with Gasteiger partial charge >= 0.3 is 0 Å². The normalized spacial score (nSPS) is 10.4. The van der Waals surface area contributed by atoms with Crippen LogP contribution in [0.5, 0.6) is 5.75 Å². The standard InChI is InChI=1S/C13H20N2O2/c1-9(2)15-13(16)6-7-17-11-4-5-12(14)10(3)8-11/h4-5,8-9H,6-7,14H2,1-3H3,(H,15,16). The van der Waals surface area contributed by atoms with Gasteiger partial charge in [0.15, 0.2) is 0 Å². The van der Waals surface area contributed by atoms with Crippen LogP contribution < -0.4 is 15.8 Å². The van der Waals surface area contributed by atoms with E-state index in [0.717, 1.165) is 17.0 Å². The number of nitrogen functional groups attached to an aromatic ring is 1. The molecular weight excluding hydrogens is 216 g/mol. The maximum atomic E-state index is 11.4. The maximum Gasteiger partial charge on any atom is 0.223 e. The first-order valence-corrected chi connectivity index (χ1v) is 5.77. The number of benzene rings is 1. The lowest BCUT2D eigenvalue weighted by Crippen LogP contribution is -2.31. The minimum Gasteiger partial charge on any atom is -0.493 e. The van der Waals surface area contributed by atoms with Gasteiger partial charge in [-0.05, 0) is 44.5 Å². The fourth-order valence-corrected chi connectivity index (χ4v) is 1.39. The molecule has 0 fully saturated rings. The zero-order valence-corrected chi connectivity index (χ0v) is 10.6. The number of anilines is 1. The second-order valence-corrected chi connectivity index (χ2v) is 4.34. The van der Waals surface area contributed by atoms with E-state index in [1.165, 1.54) is 0 Å². The summed E-state index contributed by atoms with van der Waals surface area (Å²) in [5.74, 6) is 0.751. The quantitative estimate of drug-likeness (QED) is 0.767. The highest BCUT2D eigenvalue weighted by Crippen LogP contribution is 2.18. The van der Waals surface area contributed by atoms with Crippen molar-refractivity contribution in [2.75, 3.05) is 12.3 Å². The summed E-state index contributed by atoms with van der Waals surface area (Å²) in [7, 11) is 0. The Balaban J connectivity index is 2.36. The van der Waals surface area contributed by atoms with Gasteiger partial charge in [0.05, 0.1) is 13.0 Å². The van der Waals surface area contributed by atoms with Crippen LogP contribution in [0.15, 0.2) is 18.2 Å². The number of carbonyl (C=O) groups is 1. The van der Waals surface area contributed by atoms with Crippen LogP contribution in [0.25, 0.3) is 0 Å². The smallest absolute Gasteiger partial charge is 0.223 e. The van der Waals surface area contributed by atoms with Crippen molar-refractivity contribution in [1.29, 1.82) is 0 Å². The van der Waals surface area contributed by atoms with Gasteiger partial charge in [-0.25, -0.2) is 0 Å². The van der Waals surface area contributed by atoms with Crippen LogP contribution in [0.2, 0.25) is 0 Å². The molecule has 1 amide bonds. The van der Waals surface area contributed by atoms with Crippen molar-refractivity contribution in [2.24, 2.45) is 0 Å². The van der Waals surface area contributed by atoms with E-state index in [9.17, 15) is 4.79 Å². The Morgan fingerprint density at radius 2 is 2.18 bits per heavy atom. The van der Waals surface area contributed by atoms with Gasteiger partial charge in [-0.15, -0.1) is 0 Å². The van der Waals surface area contributed by atoms with Crippen LogP contribution in [0.4, 0.5) is 5.69 Å². The van der Waals surface area contributed by atoms with Crippen molar-refractivity contribution in [3.8, 4) is 5.75 Å². The third kappa shape index (κ3) is 4.76. The highest BCUT2D eigenvalue weighted by molar-refractivity contribution is 5.76. The van der Waals surface area contributed by atoms with E-state index in [2.05, 4.69) is 5.32 Å². The summed E-state index contributed by atoms with van der Waals surface area (Å²) >= 11 is 0. The molecule has 0 aromatic heterocycles. The fraction of sp³-hybridized carbons (Fsp3) is 0.462. The van der Waals surface area contributed by atoms with E-state index in [0.29, 0.717) is 13.0 Å². The summed E-state index contributed by atoms with van der Waals surface area (Å²) in [6, 6.07) is 5.65. The molecule has 0 heterocycles. The average Bonchev–Trinajstić information content (AvgIpc) is 2.22. The number of ether oxygens (including phenoxy) is 1. The van der Waals surface area contributed by atoms with Crippen molar-refractivity contribution in [3.05, 3.63) is 23.8 Å². The largest absolute Gasteiger partial charge is 0.493 e. The van der Waals surface area contributed by atoms with Gasteiger partial charge in [0.2, 0.25) is 5.91 Å². The first-order valence-electron chi connectivity index (χ1n) is 5.77. The SMILES string of the molecule is Cc1cc(OCCC(=O)NC(C)C)ccc1N. The third-order valence-electron chi connectivity index (χ3n) is 2.29. The van der Waals surface area contributed by atoms with E-state index in [-0.39, 0.29) is 11.9 Å². The lowest BCUT2D eigenvalue weighted by molar-refractivity contribution is -0.122. The summed E-state index contributed by atoms with van der Waals surface area (Å²) < 4.78 is 5.48. The van der Waals surface area contributed by atoms with Crippen molar-refractivity contribution in [3.63, 3.8) is 0 Å². The molecule has 4 nitrogen and oxygen atoms in total. The molecule has 0 spiro atoms. The molecule has 0 bridgehead atoms. The zero-order valence-electron chi connectivity index (χ0n) is 10.6. The second kappa shape index (κ2) is 6.13. The summed E-state index contributed by atoms with van der Waals surface area (Å²) in [5, 5.41) is 2.81. The Hall–Kier alpha value is -1.71. The number of hydrogen-bond acceptors (Lipinski definition) is 3. The molecule has 0 atom stereocenters. The van der Waals surface area contributed by atoms with Crippen LogP contribution >= 0.6 is 0 Å². The topological polar surface area (TPSA) is 64.3 Å². The Morgan fingerprint density at radius 3 is 2.76 bits per heavy atom. The molecule has 0 aliphatic carbocycles. The first kappa shape index (κ1) is 13.4. The highest BCUT2D eigenvalue weighted by atomic mass is 16.5. The summed E-state index contributed by atoms with van der Waals surface area (Å²) in [4.78, 5) is 11.4. The molecule has 94 valence electrons. The summed E-state index contributed by atoms with van der Waals surface area (Å²) in [6.07, 6.45) is 0.363. The Labute approximate surface area is 102 Å². The van der Waals surface area contributed by atoms with Gasteiger partial charge in [-0.1, -0.05) is 0 Å². The third-order valence-corrected chi connectivity index (χ3v) is 2.29. The lowest BCUT2D eigenvalue weighted by atomic mass is 10.2. The molecule has 0 unspecified atom stereocenters. The van der Waals surface area contributed by atoms with Crippen LogP contribution in [0, 0.1) is 6.92 Å². The van der Waals surface area contributed by atoms with Gasteiger partial charge < -0.3 is 15.8 Å². The number of nitrogens with one attached hydrogen (secondary N) is 1. The second-order valence-electron chi connectivity index (χ2n) is 4.34. The van der Waals surface area contributed by atoms with E-state index < -0.39 is 0 Å². The molecule has 1 rings (SSSR count). The van der Waals surface area contributed by atoms with E-state index in [1.807, 2.05) is 32.9 Å². The Bertz CT molecular complexity index is 389. The van der Waals surface area contributed by atoms with E-state index >= 15 is 0 Å². The number of aryl methyl sites for hydroxylation is 1.